The highest BCUT2D eigenvalue weighted by molar-refractivity contribution is 5.27. The molecule has 0 spiro atoms. The molecule has 172 valence electrons. The molecule has 0 aromatic heterocycles. The Hall–Kier alpha value is -2.12. The van der Waals surface area contributed by atoms with E-state index in [0.29, 0.717) is 26.4 Å². The van der Waals surface area contributed by atoms with Crippen LogP contribution in [0.15, 0.2) is 48.5 Å². The van der Waals surface area contributed by atoms with Gasteiger partial charge in [-0.1, -0.05) is 38.1 Å². The predicted molar refractivity (Wildman–Crippen MR) is 120 cm³/mol. The van der Waals surface area contributed by atoms with Crippen LogP contribution in [0.1, 0.15) is 44.2 Å². The molecule has 2 aromatic carbocycles. The Morgan fingerprint density at radius 2 is 1.29 bits per heavy atom. The van der Waals surface area contributed by atoms with Gasteiger partial charge in [-0.3, -0.25) is 0 Å². The Bertz CT molecular complexity index is 680. The van der Waals surface area contributed by atoms with Crippen molar-refractivity contribution in [2.75, 3.05) is 33.0 Å². The van der Waals surface area contributed by atoms with Gasteiger partial charge in [0.05, 0.1) is 46.2 Å². The zero-order valence-electron chi connectivity index (χ0n) is 18.8. The largest absolute Gasteiger partial charge is 0.494 e. The Morgan fingerprint density at radius 3 is 1.77 bits per heavy atom. The summed E-state index contributed by atoms with van der Waals surface area (Å²) in [5.41, 5.74) is 2.07. The molecular weight excluding hydrogens is 396 g/mol. The third-order valence-electron chi connectivity index (χ3n) is 4.43. The zero-order valence-corrected chi connectivity index (χ0v) is 18.8. The number of ether oxygens (including phenoxy) is 5. The van der Waals surface area contributed by atoms with Gasteiger partial charge in [0.25, 0.3) is 0 Å². The van der Waals surface area contributed by atoms with Gasteiger partial charge in [0, 0.05) is 6.42 Å². The van der Waals surface area contributed by atoms with Crippen LogP contribution in [-0.4, -0.2) is 44.4 Å². The van der Waals surface area contributed by atoms with Gasteiger partial charge in [-0.15, -0.1) is 0 Å². The van der Waals surface area contributed by atoms with E-state index in [1.807, 2.05) is 48.5 Å². The van der Waals surface area contributed by atoms with Crippen molar-refractivity contribution < 1.29 is 28.8 Å². The fourth-order valence-electron chi connectivity index (χ4n) is 2.76. The van der Waals surface area contributed by atoms with Crippen molar-refractivity contribution in [1.29, 1.82) is 0 Å². The van der Waals surface area contributed by atoms with Crippen molar-refractivity contribution in [2.45, 2.75) is 52.6 Å². The van der Waals surface area contributed by atoms with E-state index in [1.54, 1.807) is 0 Å². The SMILES string of the molecule is CCCOc1ccc(CO)cc1.CCCOc1ccc(COCCC2OCCO2)cc1. The molecule has 0 saturated carbocycles. The molecule has 0 unspecified atom stereocenters. The molecule has 0 bridgehead atoms. The van der Waals surface area contributed by atoms with Gasteiger partial charge >= 0.3 is 0 Å². The van der Waals surface area contributed by atoms with E-state index < -0.39 is 0 Å². The zero-order chi connectivity index (χ0) is 22.2. The summed E-state index contributed by atoms with van der Waals surface area (Å²) < 4.78 is 27.2. The summed E-state index contributed by atoms with van der Waals surface area (Å²) in [7, 11) is 0. The van der Waals surface area contributed by atoms with Gasteiger partial charge in [-0.05, 0) is 48.2 Å². The Morgan fingerprint density at radius 1 is 0.774 bits per heavy atom. The smallest absolute Gasteiger partial charge is 0.160 e. The number of hydrogen-bond donors (Lipinski definition) is 1. The second kappa shape index (κ2) is 15.6. The lowest BCUT2D eigenvalue weighted by molar-refractivity contribution is -0.0631. The van der Waals surface area contributed by atoms with Crippen molar-refractivity contribution in [1.82, 2.24) is 0 Å². The highest BCUT2D eigenvalue weighted by Crippen LogP contribution is 2.14. The maximum absolute atomic E-state index is 8.76. The Labute approximate surface area is 186 Å². The third kappa shape index (κ3) is 10.6. The second-order valence-corrected chi connectivity index (χ2v) is 7.16. The summed E-state index contributed by atoms with van der Waals surface area (Å²) in [6.07, 6.45) is 2.75. The summed E-state index contributed by atoms with van der Waals surface area (Å²) in [6, 6.07) is 15.5. The lowest BCUT2D eigenvalue weighted by Crippen LogP contribution is -2.11. The molecular formula is C25H36O6. The van der Waals surface area contributed by atoms with E-state index in [-0.39, 0.29) is 12.9 Å². The van der Waals surface area contributed by atoms with Gasteiger partial charge in [-0.25, -0.2) is 0 Å². The number of aliphatic hydroxyl groups is 1. The molecule has 3 rings (SSSR count). The van der Waals surface area contributed by atoms with Crippen LogP contribution in [0.2, 0.25) is 0 Å². The van der Waals surface area contributed by atoms with Crippen molar-refractivity contribution in [3.05, 3.63) is 59.7 Å². The average molecular weight is 433 g/mol. The fourth-order valence-corrected chi connectivity index (χ4v) is 2.76. The number of rotatable bonds is 12. The van der Waals surface area contributed by atoms with Crippen molar-refractivity contribution in [3.8, 4) is 11.5 Å². The first-order valence-electron chi connectivity index (χ1n) is 11.1. The lowest BCUT2D eigenvalue weighted by Gasteiger charge is -2.10. The first-order valence-corrected chi connectivity index (χ1v) is 11.1. The van der Waals surface area contributed by atoms with Crippen LogP contribution in [-0.2, 0) is 27.4 Å². The number of benzene rings is 2. The summed E-state index contributed by atoms with van der Waals surface area (Å²) in [5.74, 6) is 1.78. The summed E-state index contributed by atoms with van der Waals surface area (Å²) in [4.78, 5) is 0. The highest BCUT2D eigenvalue weighted by Gasteiger charge is 2.14. The molecule has 0 amide bonds. The molecule has 1 fully saturated rings. The average Bonchev–Trinajstić information content (AvgIpc) is 3.34. The standard InChI is InChI=1S/C15H22O4.C10H14O2/c1-2-8-17-14-5-3-13(4-6-14)12-16-9-7-15-18-10-11-19-15;1-2-7-12-10-5-3-9(8-11)4-6-10/h3-6,15H,2,7-12H2,1H3;3-6,11H,2,7-8H2,1H3. The molecule has 2 aromatic rings. The topological polar surface area (TPSA) is 66.4 Å². The van der Waals surface area contributed by atoms with E-state index in [9.17, 15) is 0 Å². The van der Waals surface area contributed by atoms with Gasteiger partial charge in [0.1, 0.15) is 11.5 Å². The molecule has 1 aliphatic heterocycles. The molecule has 1 aliphatic rings. The van der Waals surface area contributed by atoms with Crippen molar-refractivity contribution in [3.63, 3.8) is 0 Å². The molecule has 0 radical (unpaired) electrons. The fraction of sp³-hybridized carbons (Fsp3) is 0.520. The van der Waals surface area contributed by atoms with Gasteiger partial charge in [0.2, 0.25) is 0 Å². The number of aliphatic hydroxyl groups excluding tert-OH is 1. The van der Waals surface area contributed by atoms with E-state index in [4.69, 9.17) is 28.8 Å². The third-order valence-corrected chi connectivity index (χ3v) is 4.43. The van der Waals surface area contributed by atoms with Gasteiger partial charge in [0.15, 0.2) is 6.29 Å². The maximum Gasteiger partial charge on any atom is 0.160 e. The molecule has 1 N–H and O–H groups in total. The molecule has 0 aliphatic carbocycles. The molecule has 1 saturated heterocycles. The van der Waals surface area contributed by atoms with E-state index in [2.05, 4.69) is 13.8 Å². The summed E-state index contributed by atoms with van der Waals surface area (Å²) in [6.45, 7) is 8.43. The number of hydrogen-bond acceptors (Lipinski definition) is 6. The molecule has 31 heavy (non-hydrogen) atoms. The predicted octanol–water partition coefficient (Wildman–Crippen LogP) is 4.72. The summed E-state index contributed by atoms with van der Waals surface area (Å²) in [5, 5.41) is 8.76. The Kier molecular flexibility index (Phi) is 12.7. The molecule has 1 heterocycles. The van der Waals surface area contributed by atoms with Crippen LogP contribution in [0.4, 0.5) is 0 Å². The monoisotopic (exact) mass is 432 g/mol. The van der Waals surface area contributed by atoms with Crippen molar-refractivity contribution >= 4 is 0 Å². The minimum atomic E-state index is -0.0789. The van der Waals surface area contributed by atoms with Crippen LogP contribution in [0.25, 0.3) is 0 Å². The van der Waals surface area contributed by atoms with Gasteiger partial charge < -0.3 is 28.8 Å². The Balaban J connectivity index is 0.000000245. The van der Waals surface area contributed by atoms with E-state index in [0.717, 1.165) is 55.1 Å². The van der Waals surface area contributed by atoms with Crippen LogP contribution in [0.5, 0.6) is 11.5 Å². The summed E-state index contributed by atoms with van der Waals surface area (Å²) >= 11 is 0. The van der Waals surface area contributed by atoms with E-state index >= 15 is 0 Å². The quantitative estimate of drug-likeness (QED) is 0.490. The van der Waals surface area contributed by atoms with Gasteiger partial charge in [-0.2, -0.15) is 0 Å². The lowest BCUT2D eigenvalue weighted by atomic mass is 10.2. The first-order chi connectivity index (χ1) is 15.2. The maximum atomic E-state index is 8.76. The normalized spacial score (nSPS) is 13.5. The minimum Gasteiger partial charge on any atom is -0.494 e. The van der Waals surface area contributed by atoms with Crippen molar-refractivity contribution in [2.24, 2.45) is 0 Å². The molecule has 6 heteroatoms. The first kappa shape index (κ1) is 25.1. The van der Waals surface area contributed by atoms with Crippen LogP contribution >= 0.6 is 0 Å². The van der Waals surface area contributed by atoms with Crippen LogP contribution in [0.3, 0.4) is 0 Å². The van der Waals surface area contributed by atoms with Crippen LogP contribution in [0, 0.1) is 0 Å². The van der Waals surface area contributed by atoms with Crippen LogP contribution < -0.4 is 9.47 Å². The van der Waals surface area contributed by atoms with E-state index in [1.165, 1.54) is 0 Å². The second-order valence-electron chi connectivity index (χ2n) is 7.16. The minimum absolute atomic E-state index is 0.0789. The highest BCUT2D eigenvalue weighted by atomic mass is 16.7. The molecule has 6 nitrogen and oxygen atoms in total. The molecule has 0 atom stereocenters.